The molecule has 2 unspecified atom stereocenters. The van der Waals surface area contributed by atoms with E-state index in [9.17, 15) is 0 Å². The van der Waals surface area contributed by atoms with Crippen molar-refractivity contribution in [2.45, 2.75) is 57.7 Å². The van der Waals surface area contributed by atoms with E-state index in [1.54, 1.807) is 6.20 Å². The van der Waals surface area contributed by atoms with Crippen LogP contribution in [0.2, 0.25) is 5.02 Å². The molecule has 4 heteroatoms. The molecular formula is C17H26ClN3. The predicted molar refractivity (Wildman–Crippen MR) is 87.5 cm³/mol. The van der Waals surface area contributed by atoms with E-state index < -0.39 is 0 Å². The highest BCUT2D eigenvalue weighted by Crippen LogP contribution is 2.45. The summed E-state index contributed by atoms with van der Waals surface area (Å²) in [4.78, 5) is 6.76. The van der Waals surface area contributed by atoms with Crippen LogP contribution in [0.4, 0.5) is 0 Å². The highest BCUT2D eigenvalue weighted by atomic mass is 35.5. The summed E-state index contributed by atoms with van der Waals surface area (Å²) in [5, 5.41) is 4.59. The molecule has 3 nitrogen and oxygen atoms in total. The van der Waals surface area contributed by atoms with Crippen LogP contribution in [0.1, 0.15) is 45.6 Å². The van der Waals surface area contributed by atoms with Crippen molar-refractivity contribution in [2.24, 2.45) is 5.92 Å². The van der Waals surface area contributed by atoms with Crippen LogP contribution in [0.3, 0.4) is 0 Å². The van der Waals surface area contributed by atoms with E-state index in [2.05, 4.69) is 42.0 Å². The normalized spacial score (nSPS) is 34.1. The van der Waals surface area contributed by atoms with Crippen LogP contribution in [-0.4, -0.2) is 34.1 Å². The number of nitrogens with one attached hydrogen (secondary N) is 1. The van der Waals surface area contributed by atoms with Crippen LogP contribution in [0.25, 0.3) is 0 Å². The summed E-state index contributed by atoms with van der Waals surface area (Å²) in [6.07, 6.45) is 7.47. The van der Waals surface area contributed by atoms with Crippen LogP contribution in [0, 0.1) is 5.92 Å². The zero-order chi connectivity index (χ0) is 15.1. The largest absolute Gasteiger partial charge is 0.308 e. The maximum absolute atomic E-state index is 6.33. The van der Waals surface area contributed by atoms with Crippen molar-refractivity contribution in [3.05, 3.63) is 29.0 Å². The van der Waals surface area contributed by atoms with Crippen molar-refractivity contribution in [3.8, 4) is 0 Å². The molecule has 1 saturated carbocycles. The lowest BCUT2D eigenvalue weighted by molar-refractivity contribution is -0.00133. The fourth-order valence-electron chi connectivity index (χ4n) is 3.48. The van der Waals surface area contributed by atoms with Crippen molar-refractivity contribution in [2.75, 3.05) is 13.1 Å². The molecule has 1 aromatic rings. The second kappa shape index (κ2) is 5.53. The molecule has 1 aliphatic heterocycles. The first-order valence-electron chi connectivity index (χ1n) is 8.05. The number of nitrogens with zero attached hydrogens (tertiary/aromatic N) is 2. The Morgan fingerprint density at radius 1 is 1.43 bits per heavy atom. The smallest absolute Gasteiger partial charge is 0.0634 e. The summed E-state index contributed by atoms with van der Waals surface area (Å²) in [6.45, 7) is 10.1. The number of piperazine rings is 1. The standard InChI is InChI=1S/C17H26ClN3/c1-4-16(2)12-21(10-13-7-8-19-9-15(13)18)17(3,11-20-16)14-5-6-14/h7-9,14,20H,4-6,10-12H2,1-3H3. The average molecular weight is 308 g/mol. The topological polar surface area (TPSA) is 28.2 Å². The summed E-state index contributed by atoms with van der Waals surface area (Å²) >= 11 is 6.33. The third-order valence-electron chi connectivity index (χ3n) is 5.59. The summed E-state index contributed by atoms with van der Waals surface area (Å²) < 4.78 is 0. The molecule has 0 spiro atoms. The van der Waals surface area contributed by atoms with Gasteiger partial charge in [0.2, 0.25) is 0 Å². The minimum atomic E-state index is 0.202. The molecule has 1 aliphatic carbocycles. The van der Waals surface area contributed by atoms with Crippen molar-refractivity contribution < 1.29 is 0 Å². The van der Waals surface area contributed by atoms with Crippen molar-refractivity contribution >= 4 is 11.6 Å². The Labute approximate surface area is 133 Å². The van der Waals surface area contributed by atoms with Gasteiger partial charge in [0.15, 0.2) is 0 Å². The minimum Gasteiger partial charge on any atom is -0.308 e. The number of halogens is 1. The zero-order valence-corrected chi connectivity index (χ0v) is 14.1. The highest BCUT2D eigenvalue weighted by Gasteiger charge is 2.50. The molecule has 21 heavy (non-hydrogen) atoms. The number of hydrogen-bond donors (Lipinski definition) is 1. The second-order valence-electron chi connectivity index (χ2n) is 7.22. The zero-order valence-electron chi connectivity index (χ0n) is 13.3. The molecule has 1 aromatic heterocycles. The monoisotopic (exact) mass is 307 g/mol. The van der Waals surface area contributed by atoms with Crippen LogP contribution < -0.4 is 5.32 Å². The van der Waals surface area contributed by atoms with E-state index in [1.807, 2.05) is 6.20 Å². The van der Waals surface area contributed by atoms with E-state index >= 15 is 0 Å². The lowest BCUT2D eigenvalue weighted by Gasteiger charge is -2.53. The van der Waals surface area contributed by atoms with E-state index in [0.717, 1.165) is 37.0 Å². The van der Waals surface area contributed by atoms with Gasteiger partial charge in [-0.2, -0.15) is 0 Å². The summed E-state index contributed by atoms with van der Waals surface area (Å²) in [5.74, 6) is 0.826. The van der Waals surface area contributed by atoms with Gasteiger partial charge in [0, 0.05) is 43.1 Å². The molecule has 0 amide bonds. The molecule has 3 rings (SSSR count). The molecule has 2 fully saturated rings. The van der Waals surface area contributed by atoms with Gasteiger partial charge in [-0.3, -0.25) is 9.88 Å². The van der Waals surface area contributed by atoms with E-state index in [-0.39, 0.29) is 11.1 Å². The molecule has 2 heterocycles. The highest BCUT2D eigenvalue weighted by molar-refractivity contribution is 6.31. The second-order valence-corrected chi connectivity index (χ2v) is 7.63. The lowest BCUT2D eigenvalue weighted by atomic mass is 9.84. The van der Waals surface area contributed by atoms with Gasteiger partial charge in [0.25, 0.3) is 0 Å². The fourth-order valence-corrected chi connectivity index (χ4v) is 3.66. The van der Waals surface area contributed by atoms with Gasteiger partial charge in [-0.05, 0) is 50.7 Å². The number of rotatable bonds is 4. The number of hydrogen-bond acceptors (Lipinski definition) is 3. The molecule has 1 saturated heterocycles. The quantitative estimate of drug-likeness (QED) is 0.923. The predicted octanol–water partition coefficient (Wildman–Crippen LogP) is 3.48. The van der Waals surface area contributed by atoms with Crippen molar-refractivity contribution in [1.82, 2.24) is 15.2 Å². The minimum absolute atomic E-state index is 0.202. The van der Waals surface area contributed by atoms with Gasteiger partial charge >= 0.3 is 0 Å². The van der Waals surface area contributed by atoms with Crippen LogP contribution in [0.5, 0.6) is 0 Å². The molecule has 0 bridgehead atoms. The van der Waals surface area contributed by atoms with Gasteiger partial charge in [0.1, 0.15) is 0 Å². The Morgan fingerprint density at radius 3 is 2.81 bits per heavy atom. The SMILES string of the molecule is CCC1(C)CN(Cc2ccncc2Cl)C(C)(C2CC2)CN1. The molecule has 2 atom stereocenters. The van der Waals surface area contributed by atoms with Gasteiger partial charge in [-0.25, -0.2) is 0 Å². The Kier molecular flexibility index (Phi) is 4.02. The molecule has 116 valence electrons. The van der Waals surface area contributed by atoms with Gasteiger partial charge < -0.3 is 5.32 Å². The first-order chi connectivity index (χ1) is 9.97. The fraction of sp³-hybridized carbons (Fsp3) is 0.706. The Balaban J connectivity index is 1.85. The van der Waals surface area contributed by atoms with E-state index in [0.29, 0.717) is 0 Å². The van der Waals surface area contributed by atoms with Crippen LogP contribution in [0.15, 0.2) is 18.5 Å². The Hall–Kier alpha value is -0.640. The first-order valence-corrected chi connectivity index (χ1v) is 8.43. The summed E-state index contributed by atoms with van der Waals surface area (Å²) in [5.41, 5.74) is 1.65. The molecule has 0 aromatic carbocycles. The van der Waals surface area contributed by atoms with E-state index in [1.165, 1.54) is 18.4 Å². The van der Waals surface area contributed by atoms with Crippen molar-refractivity contribution in [1.29, 1.82) is 0 Å². The number of aromatic nitrogens is 1. The maximum atomic E-state index is 6.33. The van der Waals surface area contributed by atoms with Crippen molar-refractivity contribution in [3.63, 3.8) is 0 Å². The Bertz CT molecular complexity index is 517. The summed E-state index contributed by atoms with van der Waals surface area (Å²) in [7, 11) is 0. The van der Waals surface area contributed by atoms with Gasteiger partial charge in [-0.15, -0.1) is 0 Å². The third kappa shape index (κ3) is 2.96. The van der Waals surface area contributed by atoms with E-state index in [4.69, 9.17) is 11.6 Å². The summed E-state index contributed by atoms with van der Waals surface area (Å²) in [6, 6.07) is 2.06. The lowest BCUT2D eigenvalue weighted by Crippen LogP contribution is -2.68. The van der Waals surface area contributed by atoms with Crippen LogP contribution in [-0.2, 0) is 6.54 Å². The molecular weight excluding hydrogens is 282 g/mol. The first kappa shape index (κ1) is 15.3. The van der Waals surface area contributed by atoms with Crippen LogP contribution >= 0.6 is 11.6 Å². The van der Waals surface area contributed by atoms with Gasteiger partial charge in [-0.1, -0.05) is 18.5 Å². The number of pyridine rings is 1. The Morgan fingerprint density at radius 2 is 2.19 bits per heavy atom. The molecule has 1 N–H and O–H groups in total. The molecule has 0 radical (unpaired) electrons. The molecule has 2 aliphatic rings. The van der Waals surface area contributed by atoms with Gasteiger partial charge in [0.05, 0.1) is 5.02 Å². The maximum Gasteiger partial charge on any atom is 0.0634 e. The third-order valence-corrected chi connectivity index (χ3v) is 5.93. The average Bonchev–Trinajstić information content (AvgIpc) is 3.31.